The lowest BCUT2D eigenvalue weighted by Crippen LogP contribution is -2.34. The van der Waals surface area contributed by atoms with Gasteiger partial charge in [-0.1, -0.05) is 0 Å². The Hall–Kier alpha value is -1.66. The van der Waals surface area contributed by atoms with Crippen molar-refractivity contribution < 1.29 is 4.79 Å². The van der Waals surface area contributed by atoms with Crippen molar-refractivity contribution in [1.29, 1.82) is 0 Å². The average Bonchev–Trinajstić information content (AvgIpc) is 3.17. The normalized spacial score (nSPS) is 19.3. The maximum absolute atomic E-state index is 12.0. The van der Waals surface area contributed by atoms with Gasteiger partial charge in [0.2, 0.25) is 0 Å². The zero-order valence-corrected chi connectivity index (χ0v) is 13.9. The standard InChI is InChI=1S/C16H22N4OS/c1-11-14(22-10-19-11)9-20-7-3-4-12(8-20)15-13(5-6-18-15)16(21)17-2/h5-6,10,12,18H,3-4,7-9H2,1-2H3,(H,17,21). The number of rotatable bonds is 4. The Morgan fingerprint density at radius 1 is 1.59 bits per heavy atom. The summed E-state index contributed by atoms with van der Waals surface area (Å²) in [5, 5.41) is 2.72. The summed E-state index contributed by atoms with van der Waals surface area (Å²) in [6.07, 6.45) is 4.16. The van der Waals surface area contributed by atoms with E-state index in [-0.39, 0.29) is 5.91 Å². The van der Waals surface area contributed by atoms with Gasteiger partial charge in [-0.05, 0) is 32.4 Å². The SMILES string of the molecule is CNC(=O)c1cc[nH]c1C1CCCN(Cc2scnc2C)C1. The number of aromatic nitrogens is 2. The first-order chi connectivity index (χ1) is 10.7. The van der Waals surface area contributed by atoms with E-state index < -0.39 is 0 Å². The number of carbonyl (C=O) groups is 1. The highest BCUT2D eigenvalue weighted by atomic mass is 32.1. The minimum atomic E-state index is -0.00771. The van der Waals surface area contributed by atoms with Gasteiger partial charge in [0.25, 0.3) is 5.91 Å². The van der Waals surface area contributed by atoms with Gasteiger partial charge in [0.05, 0.1) is 16.8 Å². The van der Waals surface area contributed by atoms with Crippen LogP contribution < -0.4 is 5.32 Å². The molecule has 1 fully saturated rings. The number of piperidine rings is 1. The van der Waals surface area contributed by atoms with Crippen molar-refractivity contribution >= 4 is 17.2 Å². The van der Waals surface area contributed by atoms with Gasteiger partial charge in [-0.3, -0.25) is 9.69 Å². The second kappa shape index (κ2) is 6.62. The van der Waals surface area contributed by atoms with Crippen LogP contribution >= 0.6 is 11.3 Å². The number of aromatic amines is 1. The molecule has 118 valence electrons. The van der Waals surface area contributed by atoms with E-state index in [1.807, 2.05) is 17.8 Å². The third-order valence-corrected chi connectivity index (χ3v) is 5.30. The van der Waals surface area contributed by atoms with Gasteiger partial charge in [-0.25, -0.2) is 4.98 Å². The molecule has 5 nitrogen and oxygen atoms in total. The number of amides is 1. The second-order valence-electron chi connectivity index (χ2n) is 5.82. The quantitative estimate of drug-likeness (QED) is 0.910. The molecule has 2 N–H and O–H groups in total. The molecule has 1 amide bonds. The highest BCUT2D eigenvalue weighted by molar-refractivity contribution is 7.09. The maximum Gasteiger partial charge on any atom is 0.252 e. The molecule has 3 rings (SSSR count). The molecule has 1 aliphatic heterocycles. The van der Waals surface area contributed by atoms with Crippen LogP contribution in [0.15, 0.2) is 17.8 Å². The summed E-state index contributed by atoms with van der Waals surface area (Å²) in [5.74, 6) is 0.385. The van der Waals surface area contributed by atoms with Gasteiger partial charge < -0.3 is 10.3 Å². The molecule has 0 spiro atoms. The number of hydrogen-bond donors (Lipinski definition) is 2. The first kappa shape index (κ1) is 15.2. The Kier molecular flexibility index (Phi) is 4.59. The third kappa shape index (κ3) is 3.08. The van der Waals surface area contributed by atoms with E-state index in [2.05, 4.69) is 27.1 Å². The lowest BCUT2D eigenvalue weighted by molar-refractivity contribution is 0.0960. The van der Waals surface area contributed by atoms with Crippen LogP contribution in [0, 0.1) is 6.92 Å². The summed E-state index contributed by atoms with van der Waals surface area (Å²) in [6.45, 7) is 5.14. The number of H-pyrrole nitrogens is 1. The molecule has 1 aliphatic rings. The Morgan fingerprint density at radius 3 is 3.18 bits per heavy atom. The molecule has 0 aromatic carbocycles. The largest absolute Gasteiger partial charge is 0.364 e. The fourth-order valence-corrected chi connectivity index (χ4v) is 3.99. The smallest absolute Gasteiger partial charge is 0.252 e. The Bertz CT molecular complexity index is 648. The average molecular weight is 318 g/mol. The first-order valence-electron chi connectivity index (χ1n) is 7.69. The van der Waals surface area contributed by atoms with Gasteiger partial charge in [-0.2, -0.15) is 0 Å². The Balaban J connectivity index is 1.72. The van der Waals surface area contributed by atoms with Crippen LogP contribution in [0.25, 0.3) is 0 Å². The molecule has 22 heavy (non-hydrogen) atoms. The summed E-state index contributed by atoms with van der Waals surface area (Å²) >= 11 is 1.73. The van der Waals surface area contributed by atoms with Crippen molar-refractivity contribution in [2.24, 2.45) is 0 Å². The van der Waals surface area contributed by atoms with Crippen molar-refractivity contribution in [3.8, 4) is 0 Å². The van der Waals surface area contributed by atoms with Crippen LogP contribution in [0.5, 0.6) is 0 Å². The lowest BCUT2D eigenvalue weighted by atomic mass is 9.92. The molecule has 2 aromatic rings. The second-order valence-corrected chi connectivity index (χ2v) is 6.76. The minimum absolute atomic E-state index is 0.00771. The van der Waals surface area contributed by atoms with Crippen LogP contribution in [0.4, 0.5) is 0 Å². The molecule has 2 aromatic heterocycles. The van der Waals surface area contributed by atoms with E-state index >= 15 is 0 Å². The number of carbonyl (C=O) groups excluding carboxylic acids is 1. The number of nitrogens with zero attached hydrogens (tertiary/aromatic N) is 2. The molecule has 0 aliphatic carbocycles. The number of nitrogens with one attached hydrogen (secondary N) is 2. The summed E-state index contributed by atoms with van der Waals surface area (Å²) in [4.78, 5) is 23.4. The Morgan fingerprint density at radius 2 is 2.45 bits per heavy atom. The molecule has 0 saturated carbocycles. The number of likely N-dealkylation sites (tertiary alicyclic amines) is 1. The number of thiazole rings is 1. The fraction of sp³-hybridized carbons (Fsp3) is 0.500. The first-order valence-corrected chi connectivity index (χ1v) is 8.57. The monoisotopic (exact) mass is 318 g/mol. The summed E-state index contributed by atoms with van der Waals surface area (Å²) < 4.78 is 0. The predicted molar refractivity (Wildman–Crippen MR) is 88.3 cm³/mol. The van der Waals surface area contributed by atoms with E-state index in [0.29, 0.717) is 5.92 Å². The zero-order chi connectivity index (χ0) is 15.5. The van der Waals surface area contributed by atoms with E-state index in [9.17, 15) is 4.79 Å². The third-order valence-electron chi connectivity index (χ3n) is 4.38. The van der Waals surface area contributed by atoms with Gasteiger partial charge in [-0.15, -0.1) is 11.3 Å². The summed E-state index contributed by atoms with van der Waals surface area (Å²) in [5.41, 5.74) is 4.91. The number of aryl methyl sites for hydroxylation is 1. The lowest BCUT2D eigenvalue weighted by Gasteiger charge is -2.32. The molecule has 0 radical (unpaired) electrons. The molecule has 1 saturated heterocycles. The van der Waals surface area contributed by atoms with Crippen LogP contribution in [-0.2, 0) is 6.54 Å². The van der Waals surface area contributed by atoms with Gasteiger partial charge in [0, 0.05) is 42.8 Å². The summed E-state index contributed by atoms with van der Waals surface area (Å²) in [6, 6.07) is 1.88. The highest BCUT2D eigenvalue weighted by Crippen LogP contribution is 2.29. The minimum Gasteiger partial charge on any atom is -0.364 e. The van der Waals surface area contributed by atoms with Gasteiger partial charge in [0.1, 0.15) is 0 Å². The van der Waals surface area contributed by atoms with Gasteiger partial charge in [0.15, 0.2) is 0 Å². The van der Waals surface area contributed by atoms with Crippen molar-refractivity contribution in [3.63, 3.8) is 0 Å². The van der Waals surface area contributed by atoms with Crippen molar-refractivity contribution in [2.45, 2.75) is 32.2 Å². The fourth-order valence-electron chi connectivity index (χ4n) is 3.17. The Labute approximate surface area is 134 Å². The maximum atomic E-state index is 12.0. The van der Waals surface area contributed by atoms with Gasteiger partial charge >= 0.3 is 0 Å². The number of hydrogen-bond acceptors (Lipinski definition) is 4. The van der Waals surface area contributed by atoms with E-state index in [0.717, 1.165) is 49.4 Å². The molecular weight excluding hydrogens is 296 g/mol. The van der Waals surface area contributed by atoms with E-state index in [1.54, 1.807) is 18.4 Å². The van der Waals surface area contributed by atoms with Crippen molar-refractivity contribution in [3.05, 3.63) is 39.6 Å². The molecule has 1 unspecified atom stereocenters. The topological polar surface area (TPSA) is 61.0 Å². The van der Waals surface area contributed by atoms with E-state index in [4.69, 9.17) is 0 Å². The van der Waals surface area contributed by atoms with Crippen molar-refractivity contribution in [2.75, 3.05) is 20.1 Å². The van der Waals surface area contributed by atoms with E-state index in [1.165, 1.54) is 4.88 Å². The summed E-state index contributed by atoms with van der Waals surface area (Å²) in [7, 11) is 1.68. The predicted octanol–water partition coefficient (Wildman–Crippen LogP) is 2.52. The van der Waals surface area contributed by atoms with Crippen molar-refractivity contribution in [1.82, 2.24) is 20.2 Å². The van der Waals surface area contributed by atoms with Crippen LogP contribution in [0.1, 0.15) is 45.4 Å². The molecular formula is C16H22N4OS. The molecule has 3 heterocycles. The van der Waals surface area contributed by atoms with Crippen LogP contribution in [0.3, 0.4) is 0 Å². The van der Waals surface area contributed by atoms with Crippen LogP contribution in [0.2, 0.25) is 0 Å². The van der Waals surface area contributed by atoms with Crippen LogP contribution in [-0.4, -0.2) is 40.9 Å². The molecule has 1 atom stereocenters. The molecule has 6 heteroatoms. The molecule has 0 bridgehead atoms. The zero-order valence-electron chi connectivity index (χ0n) is 13.1. The highest BCUT2D eigenvalue weighted by Gasteiger charge is 2.26.